The summed E-state index contributed by atoms with van der Waals surface area (Å²) in [6.45, 7) is 2.04. The molecule has 0 bridgehead atoms. The van der Waals surface area contributed by atoms with Gasteiger partial charge in [-0.15, -0.1) is 0 Å². The normalized spacial score (nSPS) is 14.2. The zero-order valence-corrected chi connectivity index (χ0v) is 15.6. The van der Waals surface area contributed by atoms with E-state index in [9.17, 15) is 19.7 Å². The van der Waals surface area contributed by atoms with Crippen LogP contribution in [0.2, 0.25) is 0 Å². The van der Waals surface area contributed by atoms with Gasteiger partial charge in [0.15, 0.2) is 0 Å². The summed E-state index contributed by atoms with van der Waals surface area (Å²) >= 11 is 0. The van der Waals surface area contributed by atoms with Crippen molar-refractivity contribution in [3.8, 4) is 0 Å². The van der Waals surface area contributed by atoms with Crippen molar-refractivity contribution < 1.29 is 9.72 Å². The molecule has 148 valence electrons. The fourth-order valence-corrected chi connectivity index (χ4v) is 3.48. The summed E-state index contributed by atoms with van der Waals surface area (Å²) in [5.74, 6) is -0.150. The van der Waals surface area contributed by atoms with E-state index in [0.717, 1.165) is 5.69 Å². The van der Waals surface area contributed by atoms with E-state index in [0.29, 0.717) is 37.1 Å². The van der Waals surface area contributed by atoms with Crippen LogP contribution in [0.3, 0.4) is 0 Å². The predicted octanol–water partition coefficient (Wildman–Crippen LogP) is 1.65. The van der Waals surface area contributed by atoms with E-state index < -0.39 is 4.92 Å². The Bertz CT molecular complexity index is 1130. The number of rotatable bonds is 4. The molecule has 0 atom stereocenters. The van der Waals surface area contributed by atoms with Crippen LogP contribution in [0.5, 0.6) is 0 Å². The first-order chi connectivity index (χ1) is 14.0. The number of amides is 1. The van der Waals surface area contributed by atoms with Gasteiger partial charge in [-0.3, -0.25) is 24.3 Å². The number of hydrogen-bond donors (Lipinski definition) is 0. The van der Waals surface area contributed by atoms with Crippen molar-refractivity contribution in [2.45, 2.75) is 6.54 Å². The second-order valence-corrected chi connectivity index (χ2v) is 6.84. The number of nitro benzene ring substituents is 1. The second-order valence-electron chi connectivity index (χ2n) is 6.84. The Hall–Kier alpha value is -3.75. The van der Waals surface area contributed by atoms with Crippen molar-refractivity contribution in [2.75, 3.05) is 31.1 Å². The van der Waals surface area contributed by atoms with Crippen molar-refractivity contribution in [1.82, 2.24) is 14.5 Å². The van der Waals surface area contributed by atoms with Gasteiger partial charge in [-0.2, -0.15) is 0 Å². The summed E-state index contributed by atoms with van der Waals surface area (Å²) in [4.78, 5) is 43.7. The molecule has 2 aromatic carbocycles. The molecular formula is C20H19N5O4. The molecule has 0 saturated carbocycles. The van der Waals surface area contributed by atoms with Crippen LogP contribution in [0.4, 0.5) is 11.4 Å². The number of nitrogens with zero attached hydrogens (tertiary/aromatic N) is 5. The highest BCUT2D eigenvalue weighted by Crippen LogP contribution is 2.22. The quantitative estimate of drug-likeness (QED) is 0.493. The molecule has 4 rings (SSSR count). The van der Waals surface area contributed by atoms with Gasteiger partial charge in [0.1, 0.15) is 6.54 Å². The topological polar surface area (TPSA) is 102 Å². The zero-order chi connectivity index (χ0) is 20.4. The lowest BCUT2D eigenvalue weighted by atomic mass is 10.2. The molecule has 0 aliphatic carbocycles. The van der Waals surface area contributed by atoms with Crippen LogP contribution < -0.4 is 10.5 Å². The van der Waals surface area contributed by atoms with Gasteiger partial charge in [-0.25, -0.2) is 4.98 Å². The molecule has 1 saturated heterocycles. The molecule has 1 aliphatic heterocycles. The maximum atomic E-state index is 12.7. The molecule has 1 aliphatic rings. The lowest BCUT2D eigenvalue weighted by Crippen LogP contribution is -2.50. The van der Waals surface area contributed by atoms with Crippen LogP contribution in [0.25, 0.3) is 10.9 Å². The summed E-state index contributed by atoms with van der Waals surface area (Å²) in [5, 5.41) is 11.4. The minimum absolute atomic E-state index is 0.0455. The maximum absolute atomic E-state index is 12.7. The molecule has 3 aromatic rings. The Kier molecular flexibility index (Phi) is 4.94. The minimum Gasteiger partial charge on any atom is -0.368 e. The Morgan fingerprint density at radius 2 is 1.83 bits per heavy atom. The fraction of sp³-hybridized carbons (Fsp3) is 0.250. The molecule has 9 nitrogen and oxygen atoms in total. The van der Waals surface area contributed by atoms with E-state index in [1.54, 1.807) is 29.2 Å². The smallest absolute Gasteiger partial charge is 0.271 e. The van der Waals surface area contributed by atoms with Crippen LogP contribution in [0, 0.1) is 10.1 Å². The van der Waals surface area contributed by atoms with Crippen molar-refractivity contribution >= 4 is 28.2 Å². The summed E-state index contributed by atoms with van der Waals surface area (Å²) in [7, 11) is 0. The number of hydrogen-bond acceptors (Lipinski definition) is 6. The van der Waals surface area contributed by atoms with Gasteiger partial charge in [0.05, 0.1) is 22.2 Å². The molecule has 1 aromatic heterocycles. The second kappa shape index (κ2) is 7.70. The number of benzene rings is 2. The van der Waals surface area contributed by atoms with Gasteiger partial charge in [-0.05, 0) is 18.2 Å². The number of carbonyl (C=O) groups is 1. The number of para-hydroxylation sites is 1. The van der Waals surface area contributed by atoms with E-state index in [4.69, 9.17) is 0 Å². The Morgan fingerprint density at radius 3 is 2.59 bits per heavy atom. The SMILES string of the molecule is O=C(Cn1cnc2ccccc2c1=O)N1CCN(c2cccc([N+](=O)[O-])c2)CC1. The fourth-order valence-electron chi connectivity index (χ4n) is 3.48. The number of aromatic nitrogens is 2. The van der Waals surface area contributed by atoms with Gasteiger partial charge in [0.2, 0.25) is 5.91 Å². The number of non-ortho nitro benzene ring substituents is 1. The first kappa shape index (κ1) is 18.6. The summed E-state index contributed by atoms with van der Waals surface area (Å²) in [5.41, 5.74) is 1.18. The van der Waals surface area contributed by atoms with E-state index >= 15 is 0 Å². The van der Waals surface area contributed by atoms with Gasteiger partial charge < -0.3 is 9.80 Å². The molecule has 0 unspecified atom stereocenters. The molecule has 1 amide bonds. The average molecular weight is 393 g/mol. The third-order valence-electron chi connectivity index (χ3n) is 5.08. The molecule has 0 spiro atoms. The van der Waals surface area contributed by atoms with Gasteiger partial charge >= 0.3 is 0 Å². The lowest BCUT2D eigenvalue weighted by molar-refractivity contribution is -0.384. The Morgan fingerprint density at radius 1 is 1.07 bits per heavy atom. The Balaban J connectivity index is 1.42. The standard InChI is InChI=1S/C20H19N5O4/c26-19(13-24-14-21-18-7-2-1-6-17(18)20(24)27)23-10-8-22(9-11-23)15-4-3-5-16(12-15)25(28)29/h1-7,12,14H,8-11,13H2. The third kappa shape index (κ3) is 3.79. The summed E-state index contributed by atoms with van der Waals surface area (Å²) in [6, 6.07) is 13.5. The van der Waals surface area contributed by atoms with E-state index in [2.05, 4.69) is 4.98 Å². The lowest BCUT2D eigenvalue weighted by Gasteiger charge is -2.36. The Labute approximate surface area is 165 Å². The van der Waals surface area contributed by atoms with Crippen molar-refractivity contribution in [3.05, 3.63) is 75.3 Å². The van der Waals surface area contributed by atoms with Crippen molar-refractivity contribution in [1.29, 1.82) is 0 Å². The first-order valence-corrected chi connectivity index (χ1v) is 9.24. The summed E-state index contributed by atoms with van der Waals surface area (Å²) < 4.78 is 1.33. The number of piperazine rings is 1. The molecule has 9 heteroatoms. The van der Waals surface area contributed by atoms with Crippen molar-refractivity contribution in [2.24, 2.45) is 0 Å². The number of anilines is 1. The van der Waals surface area contributed by atoms with E-state index in [1.165, 1.54) is 23.0 Å². The first-order valence-electron chi connectivity index (χ1n) is 9.24. The van der Waals surface area contributed by atoms with Gasteiger partial charge in [0, 0.05) is 44.0 Å². The highest BCUT2D eigenvalue weighted by Gasteiger charge is 2.22. The van der Waals surface area contributed by atoms with E-state index in [1.807, 2.05) is 17.0 Å². The highest BCUT2D eigenvalue weighted by molar-refractivity contribution is 5.79. The number of carbonyl (C=O) groups excluding carboxylic acids is 1. The van der Waals surface area contributed by atoms with Gasteiger partial charge in [-0.1, -0.05) is 18.2 Å². The third-order valence-corrected chi connectivity index (χ3v) is 5.08. The molecule has 29 heavy (non-hydrogen) atoms. The molecule has 0 radical (unpaired) electrons. The maximum Gasteiger partial charge on any atom is 0.271 e. The highest BCUT2D eigenvalue weighted by atomic mass is 16.6. The van der Waals surface area contributed by atoms with Crippen LogP contribution >= 0.6 is 0 Å². The molecule has 2 heterocycles. The number of fused-ring (bicyclic) bond motifs is 1. The predicted molar refractivity (Wildman–Crippen MR) is 108 cm³/mol. The monoisotopic (exact) mass is 393 g/mol. The van der Waals surface area contributed by atoms with Crippen LogP contribution in [0.1, 0.15) is 0 Å². The zero-order valence-electron chi connectivity index (χ0n) is 15.6. The minimum atomic E-state index is -0.418. The molecular weight excluding hydrogens is 374 g/mol. The molecule has 0 N–H and O–H groups in total. The largest absolute Gasteiger partial charge is 0.368 e. The number of nitro groups is 1. The molecule has 1 fully saturated rings. The van der Waals surface area contributed by atoms with Gasteiger partial charge in [0.25, 0.3) is 11.2 Å². The van der Waals surface area contributed by atoms with Crippen LogP contribution in [-0.2, 0) is 11.3 Å². The summed E-state index contributed by atoms with van der Waals surface area (Å²) in [6.07, 6.45) is 1.40. The van der Waals surface area contributed by atoms with E-state index in [-0.39, 0.29) is 23.7 Å². The van der Waals surface area contributed by atoms with Crippen LogP contribution in [0.15, 0.2) is 59.7 Å². The average Bonchev–Trinajstić information content (AvgIpc) is 2.76. The van der Waals surface area contributed by atoms with Crippen molar-refractivity contribution in [3.63, 3.8) is 0 Å². The van der Waals surface area contributed by atoms with Crippen LogP contribution in [-0.4, -0.2) is 51.5 Å².